The second-order valence-corrected chi connectivity index (χ2v) is 8.05. The first-order valence-corrected chi connectivity index (χ1v) is 10.0. The van der Waals surface area contributed by atoms with Crippen molar-refractivity contribution < 1.29 is 13.4 Å². The van der Waals surface area contributed by atoms with Gasteiger partial charge in [-0.3, -0.25) is 9.00 Å². The van der Waals surface area contributed by atoms with Crippen LogP contribution in [-0.2, 0) is 22.3 Å². The summed E-state index contributed by atoms with van der Waals surface area (Å²) in [4.78, 5) is 12.7. The van der Waals surface area contributed by atoms with E-state index in [0.29, 0.717) is 17.3 Å². The molecule has 0 bridgehead atoms. The Balaban J connectivity index is 1.80. The van der Waals surface area contributed by atoms with E-state index in [9.17, 15) is 13.4 Å². The molecule has 1 atom stereocenters. The quantitative estimate of drug-likeness (QED) is 0.751. The van der Waals surface area contributed by atoms with Gasteiger partial charge in [0.05, 0.1) is 22.9 Å². The number of anilines is 1. The molecule has 0 fully saturated rings. The summed E-state index contributed by atoms with van der Waals surface area (Å²) in [6.07, 6.45) is 0. The van der Waals surface area contributed by atoms with Crippen molar-refractivity contribution in [2.45, 2.75) is 25.4 Å². The van der Waals surface area contributed by atoms with Crippen molar-refractivity contribution in [3.05, 3.63) is 76.2 Å². The van der Waals surface area contributed by atoms with Crippen LogP contribution in [0.3, 0.4) is 0 Å². The lowest BCUT2D eigenvalue weighted by atomic mass is 10.1. The lowest BCUT2D eigenvalue weighted by molar-refractivity contribution is 0.102. The normalized spacial score (nSPS) is 15.6. The number of carbonyl (C=O) groups excluding carboxylic acids is 1. The van der Waals surface area contributed by atoms with Crippen LogP contribution in [0.25, 0.3) is 5.69 Å². The van der Waals surface area contributed by atoms with Crippen molar-refractivity contribution in [2.24, 2.45) is 0 Å². The predicted molar refractivity (Wildman–Crippen MR) is 103 cm³/mol. The number of hydrogen-bond acceptors (Lipinski definition) is 3. The lowest BCUT2D eigenvalue weighted by Gasteiger charge is -2.14. The predicted octanol–water partition coefficient (Wildman–Crippen LogP) is 3.64. The molecular formula is C20H18FN3O2S. The Labute approximate surface area is 158 Å². The molecular weight excluding hydrogens is 365 g/mol. The summed E-state index contributed by atoms with van der Waals surface area (Å²) in [5, 5.41) is 7.47. The third-order valence-electron chi connectivity index (χ3n) is 4.79. The van der Waals surface area contributed by atoms with Crippen molar-refractivity contribution in [3.63, 3.8) is 0 Å². The number of halogens is 1. The summed E-state index contributed by atoms with van der Waals surface area (Å²) in [5.74, 6) is 0.312. The molecule has 0 saturated heterocycles. The van der Waals surface area contributed by atoms with Crippen molar-refractivity contribution in [3.8, 4) is 5.69 Å². The molecule has 0 aliphatic carbocycles. The number of aromatic nitrogens is 2. The van der Waals surface area contributed by atoms with Crippen LogP contribution >= 0.6 is 0 Å². The van der Waals surface area contributed by atoms with Gasteiger partial charge in [0.1, 0.15) is 11.6 Å². The largest absolute Gasteiger partial charge is 0.306 e. The van der Waals surface area contributed by atoms with Gasteiger partial charge in [0, 0.05) is 21.9 Å². The molecule has 2 heterocycles. The molecule has 1 aliphatic rings. The number of nitrogens with one attached hydrogen (secondary N) is 1. The minimum absolute atomic E-state index is 0.219. The molecule has 5 nitrogen and oxygen atoms in total. The third-order valence-corrected chi connectivity index (χ3v) is 6.00. The van der Waals surface area contributed by atoms with Crippen LogP contribution in [0.2, 0.25) is 0 Å². The molecule has 0 saturated carbocycles. The van der Waals surface area contributed by atoms with Gasteiger partial charge in [-0.25, -0.2) is 9.07 Å². The lowest BCUT2D eigenvalue weighted by Crippen LogP contribution is -2.17. The van der Waals surface area contributed by atoms with Crippen LogP contribution in [0, 0.1) is 19.7 Å². The van der Waals surface area contributed by atoms with E-state index in [1.807, 2.05) is 32.0 Å². The average Bonchev–Trinajstić information content (AvgIpc) is 3.14. The monoisotopic (exact) mass is 383 g/mol. The number of carbonyl (C=O) groups is 1. The van der Waals surface area contributed by atoms with E-state index in [1.165, 1.54) is 18.2 Å². The Morgan fingerprint density at radius 2 is 1.96 bits per heavy atom. The topological polar surface area (TPSA) is 64.0 Å². The van der Waals surface area contributed by atoms with Crippen molar-refractivity contribution in [1.82, 2.24) is 9.78 Å². The first-order valence-electron chi connectivity index (χ1n) is 8.53. The van der Waals surface area contributed by atoms with Crippen molar-refractivity contribution in [2.75, 3.05) is 5.32 Å². The Kier molecular flexibility index (Phi) is 4.39. The number of rotatable bonds is 3. The number of fused-ring (bicyclic) bond motifs is 1. The van der Waals surface area contributed by atoms with Gasteiger partial charge in [-0.2, -0.15) is 5.10 Å². The maximum atomic E-state index is 13.5. The molecule has 0 unspecified atom stereocenters. The summed E-state index contributed by atoms with van der Waals surface area (Å²) in [7, 11) is -1.02. The van der Waals surface area contributed by atoms with Crippen LogP contribution in [0.1, 0.15) is 32.7 Å². The van der Waals surface area contributed by atoms with E-state index >= 15 is 0 Å². The number of hydrogen-bond donors (Lipinski definition) is 1. The molecule has 138 valence electrons. The maximum absolute atomic E-state index is 13.5. The average molecular weight is 383 g/mol. The Morgan fingerprint density at radius 1 is 1.19 bits per heavy atom. The van der Waals surface area contributed by atoms with E-state index < -0.39 is 22.5 Å². The van der Waals surface area contributed by atoms with Crippen LogP contribution in [0.5, 0.6) is 0 Å². The van der Waals surface area contributed by atoms with Crippen molar-refractivity contribution in [1.29, 1.82) is 0 Å². The summed E-state index contributed by atoms with van der Waals surface area (Å²) in [5.41, 5.74) is 4.72. The number of nitrogens with zero attached hydrogens (tertiary/aromatic N) is 2. The minimum atomic E-state index is -1.02. The Hall–Kier alpha value is -2.80. The number of amides is 1. The third kappa shape index (κ3) is 3.19. The summed E-state index contributed by atoms with van der Waals surface area (Å²) in [6, 6.07) is 11.4. The molecule has 1 amide bonds. The molecule has 4 rings (SSSR count). The van der Waals surface area contributed by atoms with Crippen LogP contribution in [0.15, 0.2) is 42.5 Å². The second-order valence-electron chi connectivity index (χ2n) is 6.60. The SMILES string of the molecule is Cc1cccc(-n2nc3c(c2NC(=O)c2cccc(F)c2)C[S@](=O)C3)c1C. The zero-order valence-corrected chi connectivity index (χ0v) is 15.8. The number of benzene rings is 2. The molecule has 27 heavy (non-hydrogen) atoms. The van der Waals surface area contributed by atoms with E-state index in [2.05, 4.69) is 10.4 Å². The van der Waals surface area contributed by atoms with Crippen molar-refractivity contribution >= 4 is 22.5 Å². The highest BCUT2D eigenvalue weighted by atomic mass is 32.2. The summed E-state index contributed by atoms with van der Waals surface area (Å²) < 4.78 is 27.2. The molecule has 1 aliphatic heterocycles. The van der Waals surface area contributed by atoms with E-state index in [4.69, 9.17) is 0 Å². The van der Waals surface area contributed by atoms with E-state index in [-0.39, 0.29) is 5.56 Å². The van der Waals surface area contributed by atoms with Gasteiger partial charge in [-0.1, -0.05) is 18.2 Å². The highest BCUT2D eigenvalue weighted by Crippen LogP contribution is 2.32. The fourth-order valence-electron chi connectivity index (χ4n) is 3.20. The van der Waals surface area contributed by atoms with Gasteiger partial charge in [0.25, 0.3) is 5.91 Å². The molecule has 3 aromatic rings. The fourth-order valence-corrected chi connectivity index (χ4v) is 4.47. The second kappa shape index (κ2) is 6.74. The maximum Gasteiger partial charge on any atom is 0.256 e. The van der Waals surface area contributed by atoms with Crippen LogP contribution in [-0.4, -0.2) is 19.9 Å². The first kappa shape index (κ1) is 17.6. The van der Waals surface area contributed by atoms with E-state index in [1.54, 1.807) is 10.7 Å². The highest BCUT2D eigenvalue weighted by Gasteiger charge is 2.29. The smallest absolute Gasteiger partial charge is 0.256 e. The zero-order valence-electron chi connectivity index (χ0n) is 15.0. The fraction of sp³-hybridized carbons (Fsp3) is 0.200. The Morgan fingerprint density at radius 3 is 2.74 bits per heavy atom. The van der Waals surface area contributed by atoms with Gasteiger partial charge in [-0.15, -0.1) is 0 Å². The summed E-state index contributed by atoms with van der Waals surface area (Å²) in [6.45, 7) is 4.00. The van der Waals surface area contributed by atoms with Crippen LogP contribution in [0.4, 0.5) is 10.2 Å². The summed E-state index contributed by atoms with van der Waals surface area (Å²) >= 11 is 0. The molecule has 2 aromatic carbocycles. The molecule has 0 spiro atoms. The molecule has 7 heteroatoms. The van der Waals surface area contributed by atoms with Gasteiger partial charge >= 0.3 is 0 Å². The van der Waals surface area contributed by atoms with Gasteiger partial charge in [0.2, 0.25) is 0 Å². The molecule has 1 aromatic heterocycles. The van der Waals surface area contributed by atoms with Gasteiger partial charge < -0.3 is 5.32 Å². The van der Waals surface area contributed by atoms with E-state index in [0.717, 1.165) is 28.1 Å². The van der Waals surface area contributed by atoms with Gasteiger partial charge in [0.15, 0.2) is 0 Å². The first-order chi connectivity index (χ1) is 12.9. The highest BCUT2D eigenvalue weighted by molar-refractivity contribution is 7.83. The number of aryl methyl sites for hydroxylation is 1. The van der Waals surface area contributed by atoms with Gasteiger partial charge in [-0.05, 0) is 49.2 Å². The zero-order chi connectivity index (χ0) is 19.1. The molecule has 0 radical (unpaired) electrons. The van der Waals surface area contributed by atoms with Crippen LogP contribution < -0.4 is 5.32 Å². The standard InChI is InChI=1S/C20H18FN3O2S/c1-12-5-3-8-18(13(12)2)24-19(16-10-27(26)11-17(16)23-24)22-20(25)14-6-4-7-15(21)9-14/h3-9H,10-11H2,1-2H3,(H,22,25)/t27-/m0/s1. The minimum Gasteiger partial charge on any atom is -0.306 e. The molecule has 1 N–H and O–H groups in total. The Bertz CT molecular complexity index is 1090.